The Morgan fingerprint density at radius 2 is 2.29 bits per heavy atom. The molecular formula is C11H15ClN2. The van der Waals surface area contributed by atoms with Crippen molar-refractivity contribution < 1.29 is 0 Å². The quantitative estimate of drug-likeness (QED) is 0.769. The zero-order chi connectivity index (χ0) is 10.3. The van der Waals surface area contributed by atoms with Crippen molar-refractivity contribution >= 4 is 17.3 Å². The second kappa shape index (κ2) is 3.44. The fraction of sp³-hybridized carbons (Fsp3) is 0.455. The first-order valence-electron chi connectivity index (χ1n) is 4.86. The molecule has 2 rings (SSSR count). The lowest BCUT2D eigenvalue weighted by Crippen LogP contribution is -2.42. The first-order chi connectivity index (χ1) is 6.59. The summed E-state index contributed by atoms with van der Waals surface area (Å²) in [5, 5.41) is 0.808. The van der Waals surface area contributed by atoms with Crippen LogP contribution in [0.5, 0.6) is 0 Å². The molecule has 0 spiro atoms. The molecule has 0 aliphatic carbocycles. The fourth-order valence-electron chi connectivity index (χ4n) is 2.14. The molecule has 0 fully saturated rings. The molecule has 1 aromatic carbocycles. The van der Waals surface area contributed by atoms with Crippen LogP contribution in [-0.4, -0.2) is 19.1 Å². The molecule has 0 amide bonds. The molecule has 2 nitrogen and oxygen atoms in total. The first kappa shape index (κ1) is 9.81. The SMILES string of the molecule is CC(N)C1Cc2cc(Cl)ccc2N1C. The summed E-state index contributed by atoms with van der Waals surface area (Å²) in [4.78, 5) is 2.25. The van der Waals surface area contributed by atoms with Crippen molar-refractivity contribution in [2.24, 2.45) is 5.73 Å². The maximum atomic E-state index is 5.95. The van der Waals surface area contributed by atoms with Crippen LogP contribution in [-0.2, 0) is 6.42 Å². The summed E-state index contributed by atoms with van der Waals surface area (Å²) in [6.45, 7) is 2.05. The predicted molar refractivity (Wildman–Crippen MR) is 61.0 cm³/mol. The maximum Gasteiger partial charge on any atom is 0.0476 e. The molecule has 2 N–H and O–H groups in total. The lowest BCUT2D eigenvalue weighted by molar-refractivity contribution is 0.556. The van der Waals surface area contributed by atoms with E-state index in [0.29, 0.717) is 6.04 Å². The maximum absolute atomic E-state index is 5.95. The molecule has 3 heteroatoms. The highest BCUT2D eigenvalue weighted by molar-refractivity contribution is 6.30. The number of fused-ring (bicyclic) bond motifs is 1. The second-order valence-corrected chi connectivity index (χ2v) is 4.45. The Labute approximate surface area is 89.7 Å². The molecule has 1 heterocycles. The Kier molecular flexibility index (Phi) is 2.41. The normalized spacial score (nSPS) is 22.3. The third-order valence-corrected chi connectivity index (χ3v) is 3.19. The van der Waals surface area contributed by atoms with E-state index >= 15 is 0 Å². The number of halogens is 1. The number of hydrogen-bond donors (Lipinski definition) is 1. The van der Waals surface area contributed by atoms with Crippen LogP contribution in [0.25, 0.3) is 0 Å². The van der Waals surface area contributed by atoms with Crippen LogP contribution in [0.2, 0.25) is 5.02 Å². The van der Waals surface area contributed by atoms with Crippen molar-refractivity contribution in [3.8, 4) is 0 Å². The lowest BCUT2D eigenvalue weighted by Gasteiger charge is -2.25. The Bertz CT molecular complexity index is 349. The van der Waals surface area contributed by atoms with Crippen LogP contribution in [0.4, 0.5) is 5.69 Å². The number of likely N-dealkylation sites (N-methyl/N-ethyl adjacent to an activating group) is 1. The van der Waals surface area contributed by atoms with Gasteiger partial charge in [-0.1, -0.05) is 11.6 Å². The lowest BCUT2D eigenvalue weighted by atomic mass is 10.1. The predicted octanol–water partition coefficient (Wildman–Crippen LogP) is 2.05. The van der Waals surface area contributed by atoms with Crippen molar-refractivity contribution in [1.29, 1.82) is 0 Å². The number of anilines is 1. The van der Waals surface area contributed by atoms with Crippen molar-refractivity contribution in [2.75, 3.05) is 11.9 Å². The van der Waals surface area contributed by atoms with Gasteiger partial charge >= 0.3 is 0 Å². The summed E-state index contributed by atoms with van der Waals surface area (Å²) in [5.41, 5.74) is 8.50. The molecule has 14 heavy (non-hydrogen) atoms. The minimum atomic E-state index is 0.186. The van der Waals surface area contributed by atoms with Crippen LogP contribution >= 0.6 is 11.6 Å². The molecule has 0 bridgehead atoms. The van der Waals surface area contributed by atoms with Gasteiger partial charge in [0.15, 0.2) is 0 Å². The Morgan fingerprint density at radius 1 is 1.57 bits per heavy atom. The van der Waals surface area contributed by atoms with Gasteiger partial charge in [-0.05, 0) is 37.1 Å². The van der Waals surface area contributed by atoms with Crippen molar-refractivity contribution in [3.05, 3.63) is 28.8 Å². The van der Waals surface area contributed by atoms with E-state index < -0.39 is 0 Å². The Hall–Kier alpha value is -0.730. The molecule has 0 saturated heterocycles. The summed E-state index contributed by atoms with van der Waals surface area (Å²) >= 11 is 5.95. The van der Waals surface area contributed by atoms with Crippen molar-refractivity contribution in [2.45, 2.75) is 25.4 Å². The van der Waals surface area contributed by atoms with Gasteiger partial charge in [-0.3, -0.25) is 0 Å². The highest BCUT2D eigenvalue weighted by Crippen LogP contribution is 2.33. The van der Waals surface area contributed by atoms with Gasteiger partial charge in [-0.25, -0.2) is 0 Å². The molecule has 0 radical (unpaired) electrons. The molecule has 2 unspecified atom stereocenters. The number of nitrogens with zero attached hydrogens (tertiary/aromatic N) is 1. The van der Waals surface area contributed by atoms with Crippen LogP contribution in [0, 0.1) is 0 Å². The van der Waals surface area contributed by atoms with E-state index in [1.54, 1.807) is 0 Å². The van der Waals surface area contributed by atoms with E-state index in [-0.39, 0.29) is 6.04 Å². The van der Waals surface area contributed by atoms with Gasteiger partial charge in [0.25, 0.3) is 0 Å². The molecule has 76 valence electrons. The topological polar surface area (TPSA) is 29.3 Å². The fourth-order valence-corrected chi connectivity index (χ4v) is 2.34. The number of benzene rings is 1. The van der Waals surface area contributed by atoms with E-state index in [1.165, 1.54) is 11.3 Å². The number of nitrogens with two attached hydrogens (primary N) is 1. The smallest absolute Gasteiger partial charge is 0.0476 e. The first-order valence-corrected chi connectivity index (χ1v) is 5.24. The molecule has 1 aromatic rings. The molecule has 1 aliphatic heterocycles. The van der Waals surface area contributed by atoms with E-state index in [4.69, 9.17) is 17.3 Å². The summed E-state index contributed by atoms with van der Waals surface area (Å²) in [6, 6.07) is 6.63. The molecular weight excluding hydrogens is 196 g/mol. The monoisotopic (exact) mass is 210 g/mol. The zero-order valence-corrected chi connectivity index (χ0v) is 9.25. The Morgan fingerprint density at radius 3 is 2.93 bits per heavy atom. The minimum Gasteiger partial charge on any atom is -0.370 e. The van der Waals surface area contributed by atoms with Crippen LogP contribution in [0.1, 0.15) is 12.5 Å². The van der Waals surface area contributed by atoms with Gasteiger partial charge in [0.05, 0.1) is 0 Å². The van der Waals surface area contributed by atoms with Gasteiger partial charge in [0, 0.05) is 29.8 Å². The summed E-state index contributed by atoms with van der Waals surface area (Å²) in [7, 11) is 2.09. The summed E-state index contributed by atoms with van der Waals surface area (Å²) in [5.74, 6) is 0. The van der Waals surface area contributed by atoms with E-state index in [9.17, 15) is 0 Å². The van der Waals surface area contributed by atoms with E-state index in [0.717, 1.165) is 11.4 Å². The van der Waals surface area contributed by atoms with Gasteiger partial charge in [0.2, 0.25) is 0 Å². The highest BCUT2D eigenvalue weighted by Gasteiger charge is 2.28. The Balaban J connectivity index is 2.35. The van der Waals surface area contributed by atoms with E-state index in [2.05, 4.69) is 24.9 Å². The van der Waals surface area contributed by atoms with Crippen molar-refractivity contribution in [1.82, 2.24) is 0 Å². The largest absolute Gasteiger partial charge is 0.370 e. The van der Waals surface area contributed by atoms with Gasteiger partial charge in [-0.2, -0.15) is 0 Å². The number of hydrogen-bond acceptors (Lipinski definition) is 2. The standard InChI is InChI=1S/C11H15ClN2/c1-7(13)11-6-8-5-9(12)3-4-10(8)14(11)2/h3-5,7,11H,6,13H2,1-2H3. The third-order valence-electron chi connectivity index (χ3n) is 2.95. The molecule has 0 saturated carbocycles. The molecule has 2 atom stereocenters. The van der Waals surface area contributed by atoms with Crippen LogP contribution in [0.3, 0.4) is 0 Å². The van der Waals surface area contributed by atoms with Crippen LogP contribution < -0.4 is 10.6 Å². The second-order valence-electron chi connectivity index (χ2n) is 4.01. The molecule has 0 aromatic heterocycles. The van der Waals surface area contributed by atoms with Gasteiger partial charge < -0.3 is 10.6 Å². The minimum absolute atomic E-state index is 0.186. The number of rotatable bonds is 1. The van der Waals surface area contributed by atoms with E-state index in [1.807, 2.05) is 12.1 Å². The summed E-state index contributed by atoms with van der Waals surface area (Å²) in [6.07, 6.45) is 1.00. The average Bonchev–Trinajstić information content (AvgIpc) is 2.43. The van der Waals surface area contributed by atoms with Crippen molar-refractivity contribution in [3.63, 3.8) is 0 Å². The van der Waals surface area contributed by atoms with Gasteiger partial charge in [-0.15, -0.1) is 0 Å². The van der Waals surface area contributed by atoms with Crippen LogP contribution in [0.15, 0.2) is 18.2 Å². The third kappa shape index (κ3) is 1.49. The summed E-state index contributed by atoms with van der Waals surface area (Å²) < 4.78 is 0. The molecule has 1 aliphatic rings. The van der Waals surface area contributed by atoms with Gasteiger partial charge in [0.1, 0.15) is 0 Å². The zero-order valence-electron chi connectivity index (χ0n) is 8.50. The highest BCUT2D eigenvalue weighted by atomic mass is 35.5. The average molecular weight is 211 g/mol.